The Labute approximate surface area is 116 Å². The number of rotatable bonds is 1. The van der Waals surface area contributed by atoms with Crippen molar-refractivity contribution in [1.82, 2.24) is 10.3 Å². The van der Waals surface area contributed by atoms with Crippen molar-refractivity contribution in [2.75, 3.05) is 31.1 Å². The van der Waals surface area contributed by atoms with Crippen molar-refractivity contribution in [2.45, 2.75) is 6.92 Å². The molecule has 0 unspecified atom stereocenters. The van der Waals surface area contributed by atoms with Crippen molar-refractivity contribution in [2.24, 2.45) is 8.94 Å². The van der Waals surface area contributed by atoms with Crippen LogP contribution in [0.2, 0.25) is 0 Å². The molecule has 0 bridgehead atoms. The lowest BCUT2D eigenvalue weighted by Gasteiger charge is -2.28. The van der Waals surface area contributed by atoms with Crippen LogP contribution < -0.4 is 16.0 Å². The van der Waals surface area contributed by atoms with Crippen molar-refractivity contribution in [3.05, 3.63) is 24.5 Å². The number of halogens is 1. The van der Waals surface area contributed by atoms with Gasteiger partial charge in [-0.1, -0.05) is 0 Å². The lowest BCUT2D eigenvalue weighted by molar-refractivity contribution is 0.589. The van der Waals surface area contributed by atoms with Gasteiger partial charge in [-0.3, -0.25) is 4.98 Å². The largest absolute Gasteiger partial charge is 0.387 e. The predicted octanol–water partition coefficient (Wildman–Crippen LogP) is 1.20. The Bertz CT molecular complexity index is 331. The molecule has 2 rings (SSSR count). The Hall–Kier alpha value is -0.890. The van der Waals surface area contributed by atoms with Crippen molar-refractivity contribution >= 4 is 34.4 Å². The number of nitrogens with one attached hydrogen (secondary N) is 1. The number of amidine groups is 1. The number of piperazine rings is 1. The summed E-state index contributed by atoms with van der Waals surface area (Å²) in [6, 6.07) is 4.09. The molecule has 1 saturated heterocycles. The van der Waals surface area contributed by atoms with Gasteiger partial charge in [-0.25, -0.2) is 3.21 Å². The highest BCUT2D eigenvalue weighted by molar-refractivity contribution is 14.1. The first-order valence-electron chi connectivity index (χ1n) is 5.50. The van der Waals surface area contributed by atoms with Crippen LogP contribution in [0.5, 0.6) is 0 Å². The fourth-order valence-corrected chi connectivity index (χ4v) is 1.46. The Morgan fingerprint density at radius 1 is 1.53 bits per heavy atom. The molecule has 3 N–H and O–H groups in total. The molecule has 94 valence electrons. The van der Waals surface area contributed by atoms with Gasteiger partial charge in [0.05, 0.1) is 34.7 Å². The molecule has 0 amide bonds. The van der Waals surface area contributed by atoms with E-state index >= 15 is 0 Å². The first-order chi connectivity index (χ1) is 8.24. The molecule has 1 aliphatic rings. The zero-order valence-corrected chi connectivity index (χ0v) is 12.1. The topological polar surface area (TPSA) is 66.5 Å². The van der Waals surface area contributed by atoms with Crippen LogP contribution in [-0.4, -0.2) is 37.0 Å². The van der Waals surface area contributed by atoms with Crippen LogP contribution in [0.1, 0.15) is 6.92 Å². The highest BCUT2D eigenvalue weighted by Gasteiger charge is 2.08. The molecule has 17 heavy (non-hydrogen) atoms. The molecule has 1 aromatic rings. The van der Waals surface area contributed by atoms with Crippen molar-refractivity contribution in [1.29, 1.82) is 0 Å². The summed E-state index contributed by atoms with van der Waals surface area (Å²) in [5, 5.41) is 3.32. The average Bonchev–Trinajstić information content (AvgIpc) is 2.41. The molecule has 1 fully saturated rings. The van der Waals surface area contributed by atoms with E-state index in [2.05, 4.69) is 24.5 Å². The lowest BCUT2D eigenvalue weighted by atomic mass is 10.3. The minimum atomic E-state index is 0.616. The Morgan fingerprint density at radius 3 is 2.65 bits per heavy atom. The van der Waals surface area contributed by atoms with E-state index in [-0.39, 0.29) is 0 Å². The number of nitrogens with zero attached hydrogens (tertiary/aromatic N) is 3. The summed E-state index contributed by atoms with van der Waals surface area (Å²) in [7, 11) is 0. The minimum absolute atomic E-state index is 0.616. The summed E-state index contributed by atoms with van der Waals surface area (Å²) in [5.74, 6) is 0.616. The second-order valence-corrected chi connectivity index (χ2v) is 4.16. The first-order valence-corrected chi connectivity index (χ1v) is 6.47. The fraction of sp³-hybridized carbons (Fsp3) is 0.455. The van der Waals surface area contributed by atoms with Gasteiger partial charge >= 0.3 is 0 Å². The first kappa shape index (κ1) is 14.2. The summed E-state index contributed by atoms with van der Waals surface area (Å²) < 4.78 is 3.55. The second-order valence-electron chi connectivity index (χ2n) is 3.67. The summed E-state index contributed by atoms with van der Waals surface area (Å²) in [6.45, 7) is 6.08. The van der Waals surface area contributed by atoms with Crippen LogP contribution in [0.15, 0.2) is 27.7 Å². The van der Waals surface area contributed by atoms with E-state index < -0.39 is 0 Å². The van der Waals surface area contributed by atoms with Gasteiger partial charge in [0.15, 0.2) is 0 Å². The maximum atomic E-state index is 5.03. The SMILES string of the molecule is C/C(N)=N/I.c1cncc(N2CCNCC2)c1. The molecular formula is C11H18IN5. The normalized spacial score (nSPS) is 16.1. The van der Waals surface area contributed by atoms with E-state index in [0.717, 1.165) is 26.2 Å². The van der Waals surface area contributed by atoms with Gasteiger partial charge in [0.1, 0.15) is 5.84 Å². The molecule has 2 heterocycles. The number of pyridine rings is 1. The second kappa shape index (κ2) is 8.24. The zero-order chi connectivity index (χ0) is 12.5. The van der Waals surface area contributed by atoms with Crippen molar-refractivity contribution < 1.29 is 0 Å². The van der Waals surface area contributed by atoms with E-state index in [1.54, 1.807) is 6.92 Å². The number of hydrogen-bond acceptors (Lipinski definition) is 4. The smallest absolute Gasteiger partial charge is 0.102 e. The Kier molecular flexibility index (Phi) is 6.87. The molecule has 1 aliphatic heterocycles. The van der Waals surface area contributed by atoms with E-state index in [1.807, 2.05) is 41.3 Å². The van der Waals surface area contributed by atoms with Gasteiger partial charge in [-0.05, 0) is 19.1 Å². The van der Waals surface area contributed by atoms with Crippen LogP contribution in [0.25, 0.3) is 0 Å². The maximum absolute atomic E-state index is 5.03. The van der Waals surface area contributed by atoms with Crippen LogP contribution in [0, 0.1) is 0 Å². The average molecular weight is 347 g/mol. The number of hydrogen-bond donors (Lipinski definition) is 2. The molecule has 0 aliphatic carbocycles. The quantitative estimate of drug-likeness (QED) is 0.455. The lowest BCUT2D eigenvalue weighted by Crippen LogP contribution is -2.43. The van der Waals surface area contributed by atoms with Gasteiger partial charge in [-0.2, -0.15) is 0 Å². The fourth-order valence-electron chi connectivity index (χ4n) is 1.46. The molecule has 1 aromatic heterocycles. The van der Waals surface area contributed by atoms with E-state index in [1.165, 1.54) is 5.69 Å². The third-order valence-electron chi connectivity index (χ3n) is 2.26. The molecule has 0 radical (unpaired) electrons. The highest BCUT2D eigenvalue weighted by Crippen LogP contribution is 2.11. The molecule has 0 aromatic carbocycles. The van der Waals surface area contributed by atoms with E-state index in [4.69, 9.17) is 5.73 Å². The Balaban J connectivity index is 0.000000249. The minimum Gasteiger partial charge on any atom is -0.387 e. The van der Waals surface area contributed by atoms with Gasteiger partial charge in [0, 0.05) is 32.4 Å². The summed E-state index contributed by atoms with van der Waals surface area (Å²) in [4.78, 5) is 6.45. The molecule has 0 atom stereocenters. The van der Waals surface area contributed by atoms with Crippen LogP contribution >= 0.6 is 22.9 Å². The van der Waals surface area contributed by atoms with Gasteiger partial charge in [0.25, 0.3) is 0 Å². The van der Waals surface area contributed by atoms with Gasteiger partial charge in [0.2, 0.25) is 0 Å². The maximum Gasteiger partial charge on any atom is 0.102 e. The summed E-state index contributed by atoms with van der Waals surface area (Å²) in [6.07, 6.45) is 3.73. The Morgan fingerprint density at radius 2 is 2.18 bits per heavy atom. The third-order valence-corrected chi connectivity index (χ3v) is 3.02. The molecule has 0 spiro atoms. The van der Waals surface area contributed by atoms with Crippen LogP contribution in [0.3, 0.4) is 0 Å². The van der Waals surface area contributed by atoms with Crippen LogP contribution in [-0.2, 0) is 0 Å². The van der Waals surface area contributed by atoms with E-state index in [9.17, 15) is 0 Å². The molecular weight excluding hydrogens is 329 g/mol. The van der Waals surface area contributed by atoms with E-state index in [0.29, 0.717) is 5.84 Å². The van der Waals surface area contributed by atoms with Crippen LogP contribution in [0.4, 0.5) is 5.69 Å². The number of aromatic nitrogens is 1. The monoisotopic (exact) mass is 347 g/mol. The molecule has 5 nitrogen and oxygen atoms in total. The van der Waals surface area contributed by atoms with Crippen molar-refractivity contribution in [3.8, 4) is 0 Å². The molecule has 0 saturated carbocycles. The number of anilines is 1. The zero-order valence-electron chi connectivity index (χ0n) is 9.93. The van der Waals surface area contributed by atoms with Gasteiger partial charge < -0.3 is 16.0 Å². The number of nitrogens with two attached hydrogens (primary N) is 1. The van der Waals surface area contributed by atoms with Crippen molar-refractivity contribution in [3.63, 3.8) is 0 Å². The summed E-state index contributed by atoms with van der Waals surface area (Å²) >= 11 is 1.84. The summed E-state index contributed by atoms with van der Waals surface area (Å²) in [5.41, 5.74) is 6.27. The highest BCUT2D eigenvalue weighted by atomic mass is 127. The standard InChI is InChI=1S/C9H13N3.C2H5IN2/c1-2-9(8-11-3-1)12-6-4-10-5-7-12;1-2(4)5-3/h1-3,8,10H,4-7H2;1H3,(H2,4,5). The third kappa shape index (κ3) is 5.83. The molecule has 6 heteroatoms. The predicted molar refractivity (Wildman–Crippen MR) is 80.6 cm³/mol. The van der Waals surface area contributed by atoms with Gasteiger partial charge in [-0.15, -0.1) is 0 Å².